The second-order valence-corrected chi connectivity index (χ2v) is 12.2. The van der Waals surface area contributed by atoms with Gasteiger partial charge in [-0.05, 0) is 74.6 Å². The molecular formula is C34H37F2N7O2. The van der Waals surface area contributed by atoms with Crippen LogP contribution in [0.2, 0.25) is 0 Å². The van der Waals surface area contributed by atoms with Crippen molar-refractivity contribution in [1.29, 1.82) is 0 Å². The molecule has 0 saturated carbocycles. The largest absolute Gasteiger partial charge is 0.355 e. The molecule has 1 N–H and O–H groups in total. The highest BCUT2D eigenvalue weighted by molar-refractivity contribution is 5.91. The maximum atomic E-state index is 16.3. The van der Waals surface area contributed by atoms with Gasteiger partial charge in [0.2, 0.25) is 5.91 Å². The third kappa shape index (κ3) is 5.39. The lowest BCUT2D eigenvalue weighted by molar-refractivity contribution is -0.128. The number of nitrogens with zero attached hydrogens (tertiary/aromatic N) is 6. The van der Waals surface area contributed by atoms with E-state index in [1.807, 2.05) is 38.7 Å². The van der Waals surface area contributed by atoms with E-state index in [9.17, 15) is 9.59 Å². The number of carbonyl (C=O) groups excluding carboxylic acids is 1. The zero-order valence-corrected chi connectivity index (χ0v) is 26.0. The van der Waals surface area contributed by atoms with E-state index in [4.69, 9.17) is 4.98 Å². The van der Waals surface area contributed by atoms with Crippen LogP contribution < -0.4 is 15.9 Å². The summed E-state index contributed by atoms with van der Waals surface area (Å²) < 4.78 is 33.3. The number of hydrogen-bond acceptors (Lipinski definition) is 7. The van der Waals surface area contributed by atoms with Crippen LogP contribution in [0.15, 0.2) is 54.0 Å². The second-order valence-electron chi connectivity index (χ2n) is 12.2. The van der Waals surface area contributed by atoms with Gasteiger partial charge in [-0.2, -0.15) is 4.98 Å². The third-order valence-corrected chi connectivity index (χ3v) is 8.78. The summed E-state index contributed by atoms with van der Waals surface area (Å²) in [6.45, 7) is 13.1. The summed E-state index contributed by atoms with van der Waals surface area (Å²) in [5, 5.41) is 3.67. The van der Waals surface area contributed by atoms with E-state index in [-0.39, 0.29) is 46.6 Å². The van der Waals surface area contributed by atoms with Gasteiger partial charge in [-0.3, -0.25) is 9.78 Å². The summed E-state index contributed by atoms with van der Waals surface area (Å²) in [4.78, 5) is 44.5. The number of amides is 1. The number of nitrogens with one attached hydrogen (secondary N) is 1. The Bertz CT molecular complexity index is 1870. The Hall–Kier alpha value is -4.51. The van der Waals surface area contributed by atoms with E-state index >= 15 is 8.78 Å². The molecule has 2 atom stereocenters. The number of hydrogen-bond donors (Lipinski definition) is 1. The molecule has 6 rings (SSSR count). The van der Waals surface area contributed by atoms with Crippen molar-refractivity contribution in [3.8, 4) is 16.9 Å². The van der Waals surface area contributed by atoms with Crippen molar-refractivity contribution in [3.05, 3.63) is 88.1 Å². The molecule has 0 spiro atoms. The molecule has 0 radical (unpaired) electrons. The van der Waals surface area contributed by atoms with Crippen molar-refractivity contribution in [2.24, 2.45) is 0 Å². The number of fused-ring (bicyclic) bond motifs is 5. The Morgan fingerprint density at radius 2 is 1.89 bits per heavy atom. The molecule has 1 aromatic carbocycles. The van der Waals surface area contributed by atoms with Crippen molar-refractivity contribution in [3.63, 3.8) is 0 Å². The van der Waals surface area contributed by atoms with Gasteiger partial charge in [0.05, 0.1) is 16.8 Å². The first-order valence-electron chi connectivity index (χ1n) is 15.4. The molecule has 11 heteroatoms. The molecule has 4 aromatic rings. The van der Waals surface area contributed by atoms with Gasteiger partial charge < -0.3 is 15.1 Å². The molecule has 45 heavy (non-hydrogen) atoms. The van der Waals surface area contributed by atoms with Gasteiger partial charge in [0.1, 0.15) is 23.1 Å². The average molecular weight is 614 g/mol. The summed E-state index contributed by atoms with van der Waals surface area (Å²) in [7, 11) is 0. The average Bonchev–Trinajstić information content (AvgIpc) is 3.02. The van der Waals surface area contributed by atoms with Crippen LogP contribution in [0.5, 0.6) is 0 Å². The first-order chi connectivity index (χ1) is 21.6. The van der Waals surface area contributed by atoms with Gasteiger partial charge in [0.15, 0.2) is 5.65 Å². The molecule has 2 bridgehead atoms. The van der Waals surface area contributed by atoms with E-state index in [2.05, 4.69) is 21.9 Å². The van der Waals surface area contributed by atoms with Crippen molar-refractivity contribution in [1.82, 2.24) is 29.7 Å². The van der Waals surface area contributed by atoms with Gasteiger partial charge in [-0.1, -0.05) is 32.6 Å². The lowest BCUT2D eigenvalue weighted by Gasteiger charge is -2.44. The van der Waals surface area contributed by atoms with Crippen molar-refractivity contribution in [2.45, 2.75) is 65.1 Å². The van der Waals surface area contributed by atoms with Crippen LogP contribution in [-0.2, 0) is 17.8 Å². The van der Waals surface area contributed by atoms with Crippen LogP contribution in [0.25, 0.3) is 28.0 Å². The SMILES string of the molecule is C=CC(=O)N1C[C@H](C)N(c2nc(=O)n3c4nc(c(F)cc24)-c2c(F)cccc2CNCCCc2ccnc(C(C)C)c2-3)C[C@H]1C. The fraction of sp³-hybridized carbons (Fsp3) is 0.382. The van der Waals surface area contributed by atoms with E-state index < -0.39 is 17.3 Å². The van der Waals surface area contributed by atoms with Crippen LogP contribution in [0, 0.1) is 11.6 Å². The Kier molecular flexibility index (Phi) is 8.22. The number of pyridine rings is 2. The summed E-state index contributed by atoms with van der Waals surface area (Å²) >= 11 is 0. The van der Waals surface area contributed by atoms with Crippen LogP contribution in [0.3, 0.4) is 0 Å². The van der Waals surface area contributed by atoms with Crippen molar-refractivity contribution >= 4 is 22.8 Å². The summed E-state index contributed by atoms with van der Waals surface area (Å²) in [6, 6.07) is 7.36. The second kappa shape index (κ2) is 12.1. The lowest BCUT2D eigenvalue weighted by atomic mass is 10.0. The molecule has 0 unspecified atom stereocenters. The minimum atomic E-state index is -0.728. The Morgan fingerprint density at radius 1 is 1.09 bits per heavy atom. The topological polar surface area (TPSA) is 96.3 Å². The fourth-order valence-corrected chi connectivity index (χ4v) is 6.55. The molecule has 9 nitrogen and oxygen atoms in total. The number of rotatable bonds is 3. The quantitative estimate of drug-likeness (QED) is 0.329. The smallest absolute Gasteiger partial charge is 0.349 e. The number of anilines is 1. The monoisotopic (exact) mass is 613 g/mol. The minimum Gasteiger partial charge on any atom is -0.349 e. The lowest BCUT2D eigenvalue weighted by Crippen LogP contribution is -2.58. The highest BCUT2D eigenvalue weighted by atomic mass is 19.1. The fourth-order valence-electron chi connectivity index (χ4n) is 6.55. The summed E-state index contributed by atoms with van der Waals surface area (Å²) in [6.07, 6.45) is 4.41. The van der Waals surface area contributed by atoms with Gasteiger partial charge in [-0.25, -0.2) is 23.1 Å². The summed E-state index contributed by atoms with van der Waals surface area (Å²) in [5.41, 5.74) is 2.16. The molecule has 2 aliphatic rings. The van der Waals surface area contributed by atoms with Crippen molar-refractivity contribution in [2.75, 3.05) is 24.5 Å². The standard InChI is InChI=1S/C34H37F2N7O2/c1-6-27(44)41-17-21(5)42(18-20(41)4)32-24-15-26(36)30-28-23(9-7-11-25(28)35)16-37-13-8-10-22-12-14-38-29(19(2)3)31(22)43(33(24)39-30)34(45)40-32/h6-7,9,11-12,14-15,19-21,37H,1,8,10,13,16-18H2,2-5H3/t20-,21+/m1/s1. The number of piperazine rings is 1. The first kappa shape index (κ1) is 30.5. The summed E-state index contributed by atoms with van der Waals surface area (Å²) in [5.74, 6) is -1.30. The van der Waals surface area contributed by atoms with Gasteiger partial charge >= 0.3 is 5.69 Å². The predicted molar refractivity (Wildman–Crippen MR) is 171 cm³/mol. The molecule has 1 fully saturated rings. The van der Waals surface area contributed by atoms with Crippen LogP contribution >= 0.6 is 0 Å². The highest BCUT2D eigenvalue weighted by Crippen LogP contribution is 2.36. The van der Waals surface area contributed by atoms with Gasteiger partial charge in [-0.15, -0.1) is 0 Å². The Morgan fingerprint density at radius 3 is 2.64 bits per heavy atom. The van der Waals surface area contributed by atoms with Gasteiger partial charge in [0, 0.05) is 43.5 Å². The Balaban J connectivity index is 1.69. The number of carbonyl (C=O) groups is 1. The van der Waals surface area contributed by atoms with Crippen LogP contribution in [0.4, 0.5) is 14.6 Å². The van der Waals surface area contributed by atoms with E-state index in [1.165, 1.54) is 22.8 Å². The minimum absolute atomic E-state index is 0.0510. The molecule has 1 saturated heterocycles. The number of benzene rings is 1. The molecule has 2 aliphatic heterocycles. The van der Waals surface area contributed by atoms with E-state index in [1.54, 1.807) is 23.2 Å². The predicted octanol–water partition coefficient (Wildman–Crippen LogP) is 4.89. The molecule has 0 aliphatic carbocycles. The molecule has 3 aromatic heterocycles. The third-order valence-electron chi connectivity index (χ3n) is 8.78. The van der Waals surface area contributed by atoms with Crippen molar-refractivity contribution < 1.29 is 13.6 Å². The zero-order chi connectivity index (χ0) is 32.0. The molecule has 234 valence electrons. The zero-order valence-electron chi connectivity index (χ0n) is 26.0. The highest BCUT2D eigenvalue weighted by Gasteiger charge is 2.34. The molecular weight excluding hydrogens is 576 g/mol. The first-order valence-corrected chi connectivity index (χ1v) is 15.4. The molecule has 5 heterocycles. The normalized spacial score (nSPS) is 18.6. The van der Waals surface area contributed by atoms with Gasteiger partial charge in [0.25, 0.3) is 0 Å². The number of aryl methyl sites for hydroxylation is 1. The maximum Gasteiger partial charge on any atom is 0.355 e. The number of aromatic nitrogens is 4. The van der Waals surface area contributed by atoms with E-state index in [0.29, 0.717) is 54.9 Å². The van der Waals surface area contributed by atoms with Crippen LogP contribution in [-0.4, -0.2) is 62.0 Å². The number of halogens is 2. The van der Waals surface area contributed by atoms with Crippen LogP contribution in [0.1, 0.15) is 56.9 Å². The van der Waals surface area contributed by atoms with E-state index in [0.717, 1.165) is 12.0 Å². The molecule has 1 amide bonds. The Labute approximate surface area is 260 Å². The maximum absolute atomic E-state index is 16.3.